The van der Waals surface area contributed by atoms with Crippen molar-refractivity contribution in [3.63, 3.8) is 0 Å². The first-order valence-electron chi connectivity index (χ1n) is 4.24. The molecule has 1 atom stereocenters. The molecule has 72 valence electrons. The molecule has 1 heterocycles. The van der Waals surface area contributed by atoms with Crippen LogP contribution in [-0.4, -0.2) is 22.7 Å². The molecule has 0 radical (unpaired) electrons. The first kappa shape index (κ1) is 10.3. The molecule has 0 fully saturated rings. The highest BCUT2D eigenvalue weighted by atomic mass is 35.5. The highest BCUT2D eigenvalue weighted by Crippen LogP contribution is 2.20. The van der Waals surface area contributed by atoms with Gasteiger partial charge in [0.1, 0.15) is 0 Å². The summed E-state index contributed by atoms with van der Waals surface area (Å²) in [6.45, 7) is 2.11. The van der Waals surface area contributed by atoms with Crippen molar-refractivity contribution in [1.29, 1.82) is 0 Å². The predicted molar refractivity (Wildman–Crippen MR) is 54.0 cm³/mol. The lowest BCUT2D eigenvalue weighted by molar-refractivity contribution is 0.272. The van der Waals surface area contributed by atoms with Gasteiger partial charge in [-0.3, -0.25) is 4.98 Å². The van der Waals surface area contributed by atoms with Gasteiger partial charge < -0.3 is 10.4 Å². The minimum atomic E-state index is 0.0555. The third kappa shape index (κ3) is 2.86. The number of hydrogen-bond acceptors (Lipinski definition) is 3. The van der Waals surface area contributed by atoms with E-state index >= 15 is 0 Å². The van der Waals surface area contributed by atoms with Crippen molar-refractivity contribution in [1.82, 2.24) is 4.98 Å². The summed E-state index contributed by atoms with van der Waals surface area (Å²) < 4.78 is 0. The molecule has 0 aliphatic heterocycles. The van der Waals surface area contributed by atoms with Gasteiger partial charge in [-0.05, 0) is 12.5 Å². The van der Waals surface area contributed by atoms with Crippen LogP contribution in [0.1, 0.15) is 13.3 Å². The number of anilines is 1. The summed E-state index contributed by atoms with van der Waals surface area (Å²) in [6.07, 6.45) is 4.10. The van der Waals surface area contributed by atoms with E-state index in [0.29, 0.717) is 5.02 Å². The molecule has 0 unspecified atom stereocenters. The molecule has 1 aromatic heterocycles. The van der Waals surface area contributed by atoms with Crippen molar-refractivity contribution >= 4 is 17.3 Å². The van der Waals surface area contributed by atoms with Crippen molar-refractivity contribution in [2.45, 2.75) is 19.4 Å². The monoisotopic (exact) mass is 200 g/mol. The predicted octanol–water partition coefficient (Wildman–Crippen LogP) is 1.92. The van der Waals surface area contributed by atoms with Gasteiger partial charge in [0.15, 0.2) is 0 Å². The summed E-state index contributed by atoms with van der Waals surface area (Å²) in [5.41, 5.74) is 0.817. The number of aromatic nitrogens is 1. The third-order valence-electron chi connectivity index (χ3n) is 1.85. The quantitative estimate of drug-likeness (QED) is 0.781. The topological polar surface area (TPSA) is 45.1 Å². The Morgan fingerprint density at radius 1 is 1.69 bits per heavy atom. The zero-order chi connectivity index (χ0) is 9.68. The van der Waals surface area contributed by atoms with Crippen molar-refractivity contribution in [2.24, 2.45) is 0 Å². The number of rotatable bonds is 4. The Balaban J connectivity index is 2.67. The summed E-state index contributed by atoms with van der Waals surface area (Å²) in [5.74, 6) is 0. The first-order chi connectivity index (χ1) is 6.27. The van der Waals surface area contributed by atoms with Gasteiger partial charge in [-0.2, -0.15) is 0 Å². The van der Waals surface area contributed by atoms with Crippen LogP contribution in [0.3, 0.4) is 0 Å². The molecule has 2 N–H and O–H groups in total. The average molecular weight is 201 g/mol. The molecule has 0 saturated heterocycles. The lowest BCUT2D eigenvalue weighted by Crippen LogP contribution is -2.22. The SMILES string of the molecule is CC[C@@H](CO)Nc1ccncc1Cl. The molecule has 0 bridgehead atoms. The summed E-state index contributed by atoms with van der Waals surface area (Å²) in [4.78, 5) is 3.87. The lowest BCUT2D eigenvalue weighted by Gasteiger charge is -2.15. The molecule has 4 heteroatoms. The van der Waals surface area contributed by atoms with E-state index in [0.717, 1.165) is 12.1 Å². The van der Waals surface area contributed by atoms with E-state index in [9.17, 15) is 0 Å². The summed E-state index contributed by atoms with van der Waals surface area (Å²) in [7, 11) is 0. The van der Waals surface area contributed by atoms with Crippen LogP contribution in [0.25, 0.3) is 0 Å². The summed E-state index contributed by atoms with van der Waals surface area (Å²) >= 11 is 5.88. The zero-order valence-corrected chi connectivity index (χ0v) is 8.25. The Kier molecular flexibility index (Phi) is 3.99. The van der Waals surface area contributed by atoms with E-state index in [-0.39, 0.29) is 12.6 Å². The van der Waals surface area contributed by atoms with Crippen LogP contribution in [0.4, 0.5) is 5.69 Å². The molecule has 0 aliphatic carbocycles. The fourth-order valence-electron chi connectivity index (χ4n) is 0.989. The molecular weight excluding hydrogens is 188 g/mol. The second kappa shape index (κ2) is 5.04. The van der Waals surface area contributed by atoms with Crippen molar-refractivity contribution in [2.75, 3.05) is 11.9 Å². The van der Waals surface area contributed by atoms with Gasteiger partial charge in [0, 0.05) is 18.4 Å². The maximum atomic E-state index is 8.96. The Bertz CT molecular complexity index is 264. The second-order valence-corrected chi connectivity index (χ2v) is 3.19. The molecule has 1 aromatic rings. The first-order valence-corrected chi connectivity index (χ1v) is 4.62. The average Bonchev–Trinajstić information content (AvgIpc) is 2.17. The number of hydrogen-bond donors (Lipinski definition) is 2. The normalized spacial score (nSPS) is 12.5. The van der Waals surface area contributed by atoms with Gasteiger partial charge in [-0.1, -0.05) is 18.5 Å². The van der Waals surface area contributed by atoms with E-state index in [1.807, 2.05) is 6.92 Å². The van der Waals surface area contributed by atoms with Gasteiger partial charge in [0.05, 0.1) is 17.3 Å². The van der Waals surface area contributed by atoms with Gasteiger partial charge in [-0.25, -0.2) is 0 Å². The van der Waals surface area contributed by atoms with Crippen LogP contribution >= 0.6 is 11.6 Å². The molecule has 1 rings (SSSR count). The van der Waals surface area contributed by atoms with E-state index in [4.69, 9.17) is 16.7 Å². The van der Waals surface area contributed by atoms with Crippen LogP contribution in [0, 0.1) is 0 Å². The number of aliphatic hydroxyl groups is 1. The van der Waals surface area contributed by atoms with Gasteiger partial charge in [-0.15, -0.1) is 0 Å². The van der Waals surface area contributed by atoms with Crippen molar-refractivity contribution in [3.05, 3.63) is 23.5 Å². The maximum Gasteiger partial charge on any atom is 0.0820 e. The van der Waals surface area contributed by atoms with E-state index in [1.54, 1.807) is 18.5 Å². The largest absolute Gasteiger partial charge is 0.394 e. The summed E-state index contributed by atoms with van der Waals surface area (Å²) in [6, 6.07) is 1.85. The molecule has 0 spiro atoms. The Hall–Kier alpha value is -0.800. The zero-order valence-electron chi connectivity index (χ0n) is 7.50. The molecule has 3 nitrogen and oxygen atoms in total. The molecule has 0 aliphatic rings. The Labute approximate surface area is 82.8 Å². The standard InChI is InChI=1S/C9H13ClN2O/c1-2-7(6-13)12-9-3-4-11-5-8(9)10/h3-5,7,13H,2,6H2,1H3,(H,11,12)/t7-/m0/s1. The fraction of sp³-hybridized carbons (Fsp3) is 0.444. The number of aliphatic hydroxyl groups excluding tert-OH is 1. The van der Waals surface area contributed by atoms with E-state index in [2.05, 4.69) is 10.3 Å². The smallest absolute Gasteiger partial charge is 0.0820 e. The number of pyridine rings is 1. The molecule has 0 amide bonds. The molecule has 0 saturated carbocycles. The van der Waals surface area contributed by atoms with Crippen LogP contribution < -0.4 is 5.32 Å². The minimum absolute atomic E-state index is 0.0555. The third-order valence-corrected chi connectivity index (χ3v) is 2.15. The van der Waals surface area contributed by atoms with Crippen molar-refractivity contribution < 1.29 is 5.11 Å². The van der Waals surface area contributed by atoms with Crippen LogP contribution in [0.15, 0.2) is 18.5 Å². The second-order valence-electron chi connectivity index (χ2n) is 2.79. The molecule has 13 heavy (non-hydrogen) atoms. The van der Waals surface area contributed by atoms with E-state index < -0.39 is 0 Å². The van der Waals surface area contributed by atoms with Crippen LogP contribution in [0.5, 0.6) is 0 Å². The van der Waals surface area contributed by atoms with Gasteiger partial charge >= 0.3 is 0 Å². The highest BCUT2D eigenvalue weighted by Gasteiger charge is 2.05. The molecule has 0 aromatic carbocycles. The number of halogens is 1. The van der Waals surface area contributed by atoms with Gasteiger partial charge in [0.25, 0.3) is 0 Å². The van der Waals surface area contributed by atoms with Gasteiger partial charge in [0.2, 0.25) is 0 Å². The fourth-order valence-corrected chi connectivity index (χ4v) is 1.16. The Morgan fingerprint density at radius 3 is 3.00 bits per heavy atom. The summed E-state index contributed by atoms with van der Waals surface area (Å²) in [5, 5.41) is 12.7. The maximum absolute atomic E-state index is 8.96. The number of nitrogens with one attached hydrogen (secondary N) is 1. The molecular formula is C9H13ClN2O. The van der Waals surface area contributed by atoms with Crippen LogP contribution in [0.2, 0.25) is 5.02 Å². The Morgan fingerprint density at radius 2 is 2.46 bits per heavy atom. The minimum Gasteiger partial charge on any atom is -0.394 e. The van der Waals surface area contributed by atoms with E-state index in [1.165, 1.54) is 0 Å². The number of nitrogens with zero attached hydrogens (tertiary/aromatic N) is 1. The van der Waals surface area contributed by atoms with Crippen LogP contribution in [-0.2, 0) is 0 Å². The highest BCUT2D eigenvalue weighted by molar-refractivity contribution is 6.33. The van der Waals surface area contributed by atoms with Crippen molar-refractivity contribution in [3.8, 4) is 0 Å². The lowest BCUT2D eigenvalue weighted by atomic mass is 10.2.